The zero-order valence-electron chi connectivity index (χ0n) is 14.4. The monoisotopic (exact) mass is 337 g/mol. The fourth-order valence-corrected chi connectivity index (χ4v) is 2.70. The van der Waals surface area contributed by atoms with Crippen LogP contribution in [0.2, 0.25) is 0 Å². The summed E-state index contributed by atoms with van der Waals surface area (Å²) in [5.74, 6) is 0.256. The van der Waals surface area contributed by atoms with Crippen molar-refractivity contribution in [3.63, 3.8) is 0 Å². The van der Waals surface area contributed by atoms with Gasteiger partial charge in [0.1, 0.15) is 0 Å². The maximum absolute atomic E-state index is 12.5. The third kappa shape index (κ3) is 4.90. The lowest BCUT2D eigenvalue weighted by atomic mass is 10.2. The Morgan fingerprint density at radius 1 is 1.16 bits per heavy atom. The van der Waals surface area contributed by atoms with Crippen LogP contribution >= 0.6 is 0 Å². The van der Waals surface area contributed by atoms with E-state index in [1.807, 2.05) is 49.4 Å². The second-order valence-electron chi connectivity index (χ2n) is 6.08. The number of aliphatic imine (C=N–C) groups is 1. The Balaban J connectivity index is 1.74. The molecule has 0 radical (unpaired) electrons. The van der Waals surface area contributed by atoms with Crippen molar-refractivity contribution in [2.24, 2.45) is 4.99 Å². The molecule has 25 heavy (non-hydrogen) atoms. The van der Waals surface area contributed by atoms with E-state index in [9.17, 15) is 4.79 Å². The summed E-state index contributed by atoms with van der Waals surface area (Å²) in [7, 11) is 0. The molecule has 3 rings (SSSR count). The van der Waals surface area contributed by atoms with E-state index >= 15 is 0 Å². The van der Waals surface area contributed by atoms with E-state index in [1.54, 1.807) is 12.1 Å². The van der Waals surface area contributed by atoms with Gasteiger partial charge in [0.15, 0.2) is 0 Å². The van der Waals surface area contributed by atoms with Gasteiger partial charge in [-0.2, -0.15) is 0 Å². The predicted molar refractivity (Wildman–Crippen MR) is 100.0 cm³/mol. The summed E-state index contributed by atoms with van der Waals surface area (Å²) < 4.78 is 5.62. The first-order valence-corrected chi connectivity index (χ1v) is 8.57. The van der Waals surface area contributed by atoms with Crippen molar-refractivity contribution in [1.82, 2.24) is 5.32 Å². The van der Waals surface area contributed by atoms with Crippen molar-refractivity contribution in [3.8, 4) is 0 Å². The zero-order chi connectivity index (χ0) is 17.5. The van der Waals surface area contributed by atoms with Crippen LogP contribution in [0.1, 0.15) is 28.8 Å². The SMILES string of the molecule is Cc1ccccc1NC(=NC[C@@H]1CCCO1)NC(=O)c1ccccc1. The lowest BCUT2D eigenvalue weighted by Gasteiger charge is -2.14. The average molecular weight is 337 g/mol. The highest BCUT2D eigenvalue weighted by Gasteiger charge is 2.16. The van der Waals surface area contributed by atoms with Crippen molar-refractivity contribution >= 4 is 17.6 Å². The Morgan fingerprint density at radius 3 is 2.64 bits per heavy atom. The second kappa shape index (κ2) is 8.44. The Labute approximate surface area is 148 Å². The maximum Gasteiger partial charge on any atom is 0.257 e. The molecule has 0 bridgehead atoms. The summed E-state index contributed by atoms with van der Waals surface area (Å²) in [6.07, 6.45) is 2.20. The second-order valence-corrected chi connectivity index (χ2v) is 6.08. The Bertz CT molecular complexity index is 738. The molecule has 0 spiro atoms. The standard InChI is InChI=1S/C20H23N3O2/c1-15-8-5-6-12-18(15)22-20(21-14-17-11-7-13-25-17)23-19(24)16-9-3-2-4-10-16/h2-6,8-10,12,17H,7,11,13-14H2,1H3,(H2,21,22,23,24)/t17-/m0/s1. The van der Waals surface area contributed by atoms with Gasteiger partial charge in [-0.25, -0.2) is 4.99 Å². The highest BCUT2D eigenvalue weighted by Crippen LogP contribution is 2.14. The van der Waals surface area contributed by atoms with Crippen molar-refractivity contribution < 1.29 is 9.53 Å². The number of amides is 1. The van der Waals surface area contributed by atoms with E-state index in [1.165, 1.54) is 0 Å². The highest BCUT2D eigenvalue weighted by atomic mass is 16.5. The Morgan fingerprint density at radius 2 is 1.92 bits per heavy atom. The first-order valence-electron chi connectivity index (χ1n) is 8.57. The van der Waals surface area contributed by atoms with E-state index in [0.29, 0.717) is 18.1 Å². The minimum Gasteiger partial charge on any atom is -0.376 e. The number of carbonyl (C=O) groups is 1. The predicted octanol–water partition coefficient (Wildman–Crippen LogP) is 3.37. The molecule has 5 nitrogen and oxygen atoms in total. The molecule has 5 heteroatoms. The van der Waals surface area contributed by atoms with Gasteiger partial charge in [-0.15, -0.1) is 0 Å². The van der Waals surface area contributed by atoms with E-state index in [2.05, 4.69) is 15.6 Å². The van der Waals surface area contributed by atoms with Crippen LogP contribution in [0, 0.1) is 6.92 Å². The quantitative estimate of drug-likeness (QED) is 0.664. The lowest BCUT2D eigenvalue weighted by Crippen LogP contribution is -2.37. The summed E-state index contributed by atoms with van der Waals surface area (Å²) in [5, 5.41) is 6.11. The van der Waals surface area contributed by atoms with Crippen LogP contribution in [0.25, 0.3) is 0 Å². The van der Waals surface area contributed by atoms with Gasteiger partial charge in [0.2, 0.25) is 5.96 Å². The molecule has 1 fully saturated rings. The molecule has 1 heterocycles. The molecule has 0 aromatic heterocycles. The molecule has 1 aliphatic heterocycles. The molecule has 0 aliphatic carbocycles. The molecular weight excluding hydrogens is 314 g/mol. The number of rotatable bonds is 4. The number of hydrogen-bond donors (Lipinski definition) is 2. The van der Waals surface area contributed by atoms with Gasteiger partial charge in [0.05, 0.1) is 12.6 Å². The molecule has 0 unspecified atom stereocenters. The Hall–Kier alpha value is -2.66. The summed E-state index contributed by atoms with van der Waals surface area (Å²) in [5.41, 5.74) is 2.60. The maximum atomic E-state index is 12.5. The first-order chi connectivity index (χ1) is 12.2. The molecule has 1 aliphatic rings. The molecule has 2 N–H and O–H groups in total. The van der Waals surface area contributed by atoms with Gasteiger partial charge in [-0.05, 0) is 43.5 Å². The van der Waals surface area contributed by atoms with Crippen LogP contribution in [-0.2, 0) is 4.74 Å². The van der Waals surface area contributed by atoms with Crippen LogP contribution in [-0.4, -0.2) is 31.1 Å². The minimum absolute atomic E-state index is 0.127. The van der Waals surface area contributed by atoms with Crippen molar-refractivity contribution in [3.05, 3.63) is 65.7 Å². The third-order valence-electron chi connectivity index (χ3n) is 4.14. The molecule has 2 aromatic rings. The molecule has 2 aromatic carbocycles. The molecule has 1 amide bonds. The number of aryl methyl sites for hydroxylation is 1. The number of para-hydroxylation sites is 1. The number of guanidine groups is 1. The van der Waals surface area contributed by atoms with E-state index in [4.69, 9.17) is 4.74 Å². The normalized spacial score (nSPS) is 17.3. The van der Waals surface area contributed by atoms with Gasteiger partial charge in [-0.3, -0.25) is 10.1 Å². The van der Waals surface area contributed by atoms with E-state index in [0.717, 1.165) is 30.7 Å². The number of ether oxygens (including phenoxy) is 1. The Kier molecular flexibility index (Phi) is 5.80. The number of hydrogen-bond acceptors (Lipinski definition) is 3. The summed E-state index contributed by atoms with van der Waals surface area (Å²) in [6.45, 7) is 3.33. The summed E-state index contributed by atoms with van der Waals surface area (Å²) in [4.78, 5) is 17.0. The van der Waals surface area contributed by atoms with Crippen LogP contribution in [0.4, 0.5) is 5.69 Å². The third-order valence-corrected chi connectivity index (χ3v) is 4.14. The fraction of sp³-hybridized carbons (Fsp3) is 0.300. The van der Waals surface area contributed by atoms with Gasteiger partial charge >= 0.3 is 0 Å². The van der Waals surface area contributed by atoms with Crippen LogP contribution < -0.4 is 10.6 Å². The lowest BCUT2D eigenvalue weighted by molar-refractivity contribution is 0.0975. The van der Waals surface area contributed by atoms with Crippen LogP contribution in [0.15, 0.2) is 59.6 Å². The topological polar surface area (TPSA) is 62.7 Å². The first kappa shape index (κ1) is 17.2. The smallest absolute Gasteiger partial charge is 0.257 e. The highest BCUT2D eigenvalue weighted by molar-refractivity contribution is 6.10. The summed E-state index contributed by atoms with van der Waals surface area (Å²) in [6, 6.07) is 17.0. The van der Waals surface area contributed by atoms with Gasteiger partial charge in [0.25, 0.3) is 5.91 Å². The van der Waals surface area contributed by atoms with Gasteiger partial charge in [-0.1, -0.05) is 36.4 Å². The summed E-state index contributed by atoms with van der Waals surface area (Å²) >= 11 is 0. The number of benzene rings is 2. The van der Waals surface area contributed by atoms with Crippen LogP contribution in [0.5, 0.6) is 0 Å². The number of anilines is 1. The minimum atomic E-state index is -0.187. The van der Waals surface area contributed by atoms with Crippen molar-refractivity contribution in [1.29, 1.82) is 0 Å². The number of nitrogens with one attached hydrogen (secondary N) is 2. The van der Waals surface area contributed by atoms with E-state index in [-0.39, 0.29) is 12.0 Å². The number of nitrogens with zero attached hydrogens (tertiary/aromatic N) is 1. The zero-order valence-corrected chi connectivity index (χ0v) is 14.4. The van der Waals surface area contributed by atoms with Gasteiger partial charge in [0, 0.05) is 17.9 Å². The molecular formula is C20H23N3O2. The number of carbonyl (C=O) groups excluding carboxylic acids is 1. The van der Waals surface area contributed by atoms with Crippen LogP contribution in [0.3, 0.4) is 0 Å². The van der Waals surface area contributed by atoms with Crippen molar-refractivity contribution in [2.75, 3.05) is 18.5 Å². The molecule has 0 saturated carbocycles. The molecule has 130 valence electrons. The average Bonchev–Trinajstić information content (AvgIpc) is 3.16. The van der Waals surface area contributed by atoms with E-state index < -0.39 is 0 Å². The molecule has 1 saturated heterocycles. The van der Waals surface area contributed by atoms with Gasteiger partial charge < -0.3 is 10.1 Å². The fourth-order valence-electron chi connectivity index (χ4n) is 2.70. The largest absolute Gasteiger partial charge is 0.376 e. The molecule has 1 atom stereocenters. The van der Waals surface area contributed by atoms with Crippen molar-refractivity contribution in [2.45, 2.75) is 25.9 Å².